The Labute approximate surface area is 107 Å². The summed E-state index contributed by atoms with van der Waals surface area (Å²) in [4.78, 5) is 0.734. The summed E-state index contributed by atoms with van der Waals surface area (Å²) in [5, 5.41) is 11.9. The molecule has 1 aromatic rings. The van der Waals surface area contributed by atoms with Gasteiger partial charge >= 0.3 is 0 Å². The zero-order valence-electron chi connectivity index (χ0n) is 10.1. The van der Waals surface area contributed by atoms with Crippen LogP contribution in [0.2, 0.25) is 0 Å². The molecule has 2 rings (SSSR count). The first kappa shape index (κ1) is 12.8. The second-order valence-electron chi connectivity index (χ2n) is 4.37. The fourth-order valence-corrected chi connectivity index (χ4v) is 3.61. The van der Waals surface area contributed by atoms with Gasteiger partial charge in [0.1, 0.15) is 0 Å². The molecular weight excluding hydrogens is 250 g/mol. The van der Waals surface area contributed by atoms with Gasteiger partial charge in [-0.3, -0.25) is 0 Å². The Morgan fingerprint density at radius 3 is 2.61 bits per heavy atom. The van der Waals surface area contributed by atoms with E-state index in [0.29, 0.717) is 28.4 Å². The predicted molar refractivity (Wildman–Crippen MR) is 69.3 cm³/mol. The number of nitrogens with zero attached hydrogens (tertiary/aromatic N) is 1. The molecule has 1 aromatic carbocycles. The molecule has 0 aliphatic heterocycles. The highest BCUT2D eigenvalue weighted by atomic mass is 32.2. The fourth-order valence-electron chi connectivity index (χ4n) is 2.05. The second-order valence-corrected chi connectivity index (χ2v) is 6.37. The number of allylic oxidation sites excluding steroid dienone is 2. The molecule has 0 saturated carbocycles. The van der Waals surface area contributed by atoms with E-state index in [1.807, 2.05) is 0 Å². The third-order valence-corrected chi connectivity index (χ3v) is 5.14. The van der Waals surface area contributed by atoms with Crippen molar-refractivity contribution < 1.29 is 13.6 Å². The lowest BCUT2D eigenvalue weighted by Crippen LogP contribution is -2.10. The standard InChI is InChI=1S/C13H15NO3S/c1-10(14-15)11-7-8-13(9-11)18(16,17)12-5-3-2-4-6-12/h2-6,8,11,15H,7,9H2,1H3. The number of benzene rings is 1. The summed E-state index contributed by atoms with van der Waals surface area (Å²) >= 11 is 0. The van der Waals surface area contributed by atoms with Crippen molar-refractivity contribution >= 4 is 15.5 Å². The zero-order chi connectivity index (χ0) is 13.2. The summed E-state index contributed by atoms with van der Waals surface area (Å²) < 4.78 is 24.6. The van der Waals surface area contributed by atoms with E-state index < -0.39 is 9.84 Å². The molecule has 0 amide bonds. The minimum absolute atomic E-state index is 0.0107. The molecule has 0 radical (unpaired) electrons. The first-order chi connectivity index (χ1) is 8.55. The molecule has 5 heteroatoms. The maximum absolute atomic E-state index is 12.3. The molecule has 0 fully saturated rings. The van der Waals surface area contributed by atoms with Crippen molar-refractivity contribution in [2.75, 3.05) is 0 Å². The van der Waals surface area contributed by atoms with E-state index in [2.05, 4.69) is 5.16 Å². The summed E-state index contributed by atoms with van der Waals surface area (Å²) in [6.45, 7) is 1.70. The van der Waals surface area contributed by atoms with Crippen molar-refractivity contribution in [1.82, 2.24) is 0 Å². The van der Waals surface area contributed by atoms with Crippen molar-refractivity contribution in [3.63, 3.8) is 0 Å². The molecule has 0 aromatic heterocycles. The van der Waals surface area contributed by atoms with Crippen molar-refractivity contribution in [2.24, 2.45) is 11.1 Å². The Kier molecular flexibility index (Phi) is 3.52. The lowest BCUT2D eigenvalue weighted by molar-refractivity contribution is 0.314. The molecular formula is C13H15NO3S. The smallest absolute Gasteiger partial charge is 0.202 e. The van der Waals surface area contributed by atoms with Crippen LogP contribution in [0.25, 0.3) is 0 Å². The SMILES string of the molecule is CC(=NO)C1CC=C(S(=O)(=O)c2ccccc2)C1. The molecule has 1 N–H and O–H groups in total. The molecule has 1 unspecified atom stereocenters. The Morgan fingerprint density at radius 2 is 2.00 bits per heavy atom. The van der Waals surface area contributed by atoms with E-state index in [1.54, 1.807) is 43.3 Å². The Hall–Kier alpha value is -1.62. The number of hydrogen-bond donors (Lipinski definition) is 1. The van der Waals surface area contributed by atoms with Crippen LogP contribution in [0.15, 0.2) is 51.4 Å². The van der Waals surface area contributed by atoms with Gasteiger partial charge in [-0.1, -0.05) is 29.4 Å². The molecule has 0 bridgehead atoms. The average Bonchev–Trinajstić information content (AvgIpc) is 2.89. The zero-order valence-corrected chi connectivity index (χ0v) is 10.9. The Morgan fingerprint density at radius 1 is 1.33 bits per heavy atom. The lowest BCUT2D eigenvalue weighted by atomic mass is 10.0. The van der Waals surface area contributed by atoms with E-state index in [1.165, 1.54) is 0 Å². The maximum atomic E-state index is 12.3. The number of hydrogen-bond acceptors (Lipinski definition) is 4. The predicted octanol–water partition coefficient (Wildman–Crippen LogP) is 2.60. The van der Waals surface area contributed by atoms with Gasteiger partial charge in [0.25, 0.3) is 0 Å². The van der Waals surface area contributed by atoms with Gasteiger partial charge in [0.05, 0.1) is 10.6 Å². The van der Waals surface area contributed by atoms with Crippen LogP contribution in [-0.2, 0) is 9.84 Å². The fraction of sp³-hybridized carbons (Fsp3) is 0.308. The minimum atomic E-state index is -3.39. The van der Waals surface area contributed by atoms with Crippen LogP contribution in [0.1, 0.15) is 19.8 Å². The Balaban J connectivity index is 2.25. The molecule has 1 aliphatic rings. The van der Waals surface area contributed by atoms with E-state index in [0.717, 1.165) is 0 Å². The molecule has 1 atom stereocenters. The van der Waals surface area contributed by atoms with Gasteiger partial charge < -0.3 is 5.21 Å². The van der Waals surface area contributed by atoms with Gasteiger partial charge in [0.2, 0.25) is 9.84 Å². The van der Waals surface area contributed by atoms with E-state index >= 15 is 0 Å². The Bertz CT molecular complexity index is 588. The number of sulfone groups is 1. The highest BCUT2D eigenvalue weighted by Crippen LogP contribution is 2.33. The molecule has 0 spiro atoms. The van der Waals surface area contributed by atoms with Crippen LogP contribution in [0.5, 0.6) is 0 Å². The van der Waals surface area contributed by atoms with Crippen LogP contribution >= 0.6 is 0 Å². The molecule has 18 heavy (non-hydrogen) atoms. The number of oxime groups is 1. The quantitative estimate of drug-likeness (QED) is 0.519. The van der Waals surface area contributed by atoms with Gasteiger partial charge in [0.15, 0.2) is 0 Å². The van der Waals surface area contributed by atoms with Crippen LogP contribution < -0.4 is 0 Å². The number of rotatable bonds is 3. The third kappa shape index (κ3) is 2.31. The molecule has 1 aliphatic carbocycles. The van der Waals surface area contributed by atoms with Gasteiger partial charge in [-0.2, -0.15) is 0 Å². The summed E-state index contributed by atoms with van der Waals surface area (Å²) in [5.74, 6) is -0.0107. The second kappa shape index (κ2) is 4.94. The minimum Gasteiger partial charge on any atom is -0.411 e. The summed E-state index contributed by atoms with van der Waals surface area (Å²) in [6.07, 6.45) is 2.74. The van der Waals surface area contributed by atoms with Gasteiger partial charge in [-0.05, 0) is 31.9 Å². The van der Waals surface area contributed by atoms with Crippen LogP contribution in [0.3, 0.4) is 0 Å². The highest BCUT2D eigenvalue weighted by molar-refractivity contribution is 7.95. The first-order valence-electron chi connectivity index (χ1n) is 5.73. The van der Waals surface area contributed by atoms with E-state index in [9.17, 15) is 8.42 Å². The van der Waals surface area contributed by atoms with Crippen molar-refractivity contribution in [3.05, 3.63) is 41.3 Å². The van der Waals surface area contributed by atoms with Crippen molar-refractivity contribution in [1.29, 1.82) is 0 Å². The molecule has 4 nitrogen and oxygen atoms in total. The van der Waals surface area contributed by atoms with Crippen molar-refractivity contribution in [3.8, 4) is 0 Å². The largest absolute Gasteiger partial charge is 0.411 e. The lowest BCUT2D eigenvalue weighted by Gasteiger charge is -2.09. The normalized spacial score (nSPS) is 20.8. The van der Waals surface area contributed by atoms with Crippen molar-refractivity contribution in [2.45, 2.75) is 24.7 Å². The van der Waals surface area contributed by atoms with E-state index in [-0.39, 0.29) is 5.92 Å². The summed E-state index contributed by atoms with van der Waals surface area (Å²) in [6, 6.07) is 8.39. The van der Waals surface area contributed by atoms with Crippen LogP contribution in [-0.4, -0.2) is 19.3 Å². The summed E-state index contributed by atoms with van der Waals surface area (Å²) in [7, 11) is -3.39. The first-order valence-corrected chi connectivity index (χ1v) is 7.21. The van der Waals surface area contributed by atoms with Gasteiger partial charge in [0, 0.05) is 10.8 Å². The third-order valence-electron chi connectivity index (χ3n) is 3.22. The van der Waals surface area contributed by atoms with Crippen LogP contribution in [0.4, 0.5) is 0 Å². The van der Waals surface area contributed by atoms with Gasteiger partial charge in [-0.15, -0.1) is 0 Å². The van der Waals surface area contributed by atoms with Crippen LogP contribution in [0, 0.1) is 5.92 Å². The van der Waals surface area contributed by atoms with E-state index in [4.69, 9.17) is 5.21 Å². The summed E-state index contributed by atoms with van der Waals surface area (Å²) in [5.41, 5.74) is 0.574. The average molecular weight is 265 g/mol. The topological polar surface area (TPSA) is 66.7 Å². The monoisotopic (exact) mass is 265 g/mol. The molecule has 0 heterocycles. The molecule has 96 valence electrons. The highest BCUT2D eigenvalue weighted by Gasteiger charge is 2.29. The maximum Gasteiger partial charge on any atom is 0.202 e. The molecule has 0 saturated heterocycles. The van der Waals surface area contributed by atoms with Gasteiger partial charge in [-0.25, -0.2) is 8.42 Å².